The van der Waals surface area contributed by atoms with Crippen molar-refractivity contribution in [2.24, 2.45) is 0 Å². The molecule has 0 aromatic heterocycles. The molecule has 0 heterocycles. The molecule has 0 aliphatic rings. The molecular formula is C24H34O5S. The van der Waals surface area contributed by atoms with E-state index in [1.54, 1.807) is 24.3 Å². The predicted octanol–water partition coefficient (Wildman–Crippen LogP) is 6.89. The Balaban J connectivity index is 1.84. The van der Waals surface area contributed by atoms with Gasteiger partial charge in [-0.25, -0.2) is 0 Å². The highest BCUT2D eigenvalue weighted by Crippen LogP contribution is 2.30. The molecule has 0 atom stereocenters. The van der Waals surface area contributed by atoms with E-state index in [0.29, 0.717) is 11.5 Å². The number of aromatic hydroxyl groups is 1. The third-order valence-corrected chi connectivity index (χ3v) is 6.02. The number of benzene rings is 2. The lowest BCUT2D eigenvalue weighted by atomic mass is 10.0. The standard InChI is InChI=1S/C24H34O5S/c1-2-3-4-5-6-7-8-9-10-11-13-20-18-21(25)16-17-24(20)29-22-14-12-15-23(19-22)30(26,27)28/h12,14-19,25H,2-11,13H2,1H3,(H,26,27,28). The maximum atomic E-state index is 11.3. The Labute approximate surface area is 180 Å². The smallest absolute Gasteiger partial charge is 0.294 e. The molecule has 2 aromatic carbocycles. The van der Waals surface area contributed by atoms with Gasteiger partial charge in [0.15, 0.2) is 0 Å². The fourth-order valence-corrected chi connectivity index (χ4v) is 4.00. The molecule has 0 saturated heterocycles. The van der Waals surface area contributed by atoms with Gasteiger partial charge < -0.3 is 9.84 Å². The molecule has 0 unspecified atom stereocenters. The molecule has 0 amide bonds. The van der Waals surface area contributed by atoms with Crippen molar-refractivity contribution in [1.82, 2.24) is 0 Å². The number of phenolic OH excluding ortho intramolecular Hbond substituents is 1. The van der Waals surface area contributed by atoms with Gasteiger partial charge in [0.2, 0.25) is 0 Å². The second kappa shape index (κ2) is 12.6. The number of hydrogen-bond donors (Lipinski definition) is 2. The van der Waals surface area contributed by atoms with Crippen LogP contribution in [0.3, 0.4) is 0 Å². The third kappa shape index (κ3) is 8.76. The van der Waals surface area contributed by atoms with Crippen LogP contribution in [0.2, 0.25) is 0 Å². The first kappa shape index (κ1) is 24.2. The minimum Gasteiger partial charge on any atom is -0.508 e. The van der Waals surface area contributed by atoms with Gasteiger partial charge in [0.1, 0.15) is 17.2 Å². The van der Waals surface area contributed by atoms with Crippen LogP contribution in [0.15, 0.2) is 47.4 Å². The van der Waals surface area contributed by atoms with Crippen molar-refractivity contribution in [3.8, 4) is 17.2 Å². The van der Waals surface area contributed by atoms with E-state index in [1.165, 1.54) is 69.6 Å². The molecule has 0 aliphatic heterocycles. The summed E-state index contributed by atoms with van der Waals surface area (Å²) in [5.74, 6) is 1.08. The summed E-state index contributed by atoms with van der Waals surface area (Å²) in [5.41, 5.74) is 0.881. The van der Waals surface area contributed by atoms with Crippen molar-refractivity contribution in [3.05, 3.63) is 48.0 Å². The highest BCUT2D eigenvalue weighted by molar-refractivity contribution is 7.85. The van der Waals surface area contributed by atoms with Crippen LogP contribution in [0.25, 0.3) is 0 Å². The molecule has 0 aliphatic carbocycles. The summed E-state index contributed by atoms with van der Waals surface area (Å²) in [6.45, 7) is 2.24. The summed E-state index contributed by atoms with van der Waals surface area (Å²) in [7, 11) is -4.29. The van der Waals surface area contributed by atoms with E-state index in [-0.39, 0.29) is 10.6 Å². The van der Waals surface area contributed by atoms with E-state index in [0.717, 1.165) is 24.8 Å². The van der Waals surface area contributed by atoms with Crippen LogP contribution in [0.1, 0.15) is 76.7 Å². The zero-order chi connectivity index (χ0) is 21.8. The molecule has 2 N–H and O–H groups in total. The van der Waals surface area contributed by atoms with E-state index >= 15 is 0 Å². The Hall–Kier alpha value is -2.05. The SMILES string of the molecule is CCCCCCCCCCCCc1cc(O)ccc1Oc1cccc(S(=O)(=O)O)c1. The molecule has 0 radical (unpaired) electrons. The average molecular weight is 435 g/mol. The zero-order valence-electron chi connectivity index (χ0n) is 17.8. The van der Waals surface area contributed by atoms with E-state index < -0.39 is 10.1 Å². The number of unbranched alkanes of at least 4 members (excludes halogenated alkanes) is 9. The molecule has 0 fully saturated rings. The van der Waals surface area contributed by atoms with E-state index in [1.807, 2.05) is 0 Å². The highest BCUT2D eigenvalue weighted by Gasteiger charge is 2.12. The minimum absolute atomic E-state index is 0.177. The Bertz CT molecular complexity index is 877. The normalized spacial score (nSPS) is 11.5. The van der Waals surface area contributed by atoms with Crippen molar-refractivity contribution >= 4 is 10.1 Å². The Kier molecular flexibility index (Phi) is 10.2. The van der Waals surface area contributed by atoms with Gasteiger partial charge in [-0.1, -0.05) is 70.8 Å². The van der Waals surface area contributed by atoms with Gasteiger partial charge in [0.25, 0.3) is 10.1 Å². The van der Waals surface area contributed by atoms with Crippen molar-refractivity contribution < 1.29 is 22.8 Å². The second-order valence-electron chi connectivity index (χ2n) is 7.78. The first-order valence-electron chi connectivity index (χ1n) is 11.0. The quantitative estimate of drug-likeness (QED) is 0.250. The lowest BCUT2D eigenvalue weighted by molar-refractivity contribution is 0.455. The van der Waals surface area contributed by atoms with Crippen LogP contribution >= 0.6 is 0 Å². The van der Waals surface area contributed by atoms with E-state index in [4.69, 9.17) is 4.74 Å². The fraction of sp³-hybridized carbons (Fsp3) is 0.500. The largest absolute Gasteiger partial charge is 0.508 e. The van der Waals surface area contributed by atoms with Crippen molar-refractivity contribution in [2.75, 3.05) is 0 Å². The summed E-state index contributed by atoms with van der Waals surface area (Å²) in [6, 6.07) is 10.7. The van der Waals surface area contributed by atoms with Gasteiger partial charge >= 0.3 is 0 Å². The topological polar surface area (TPSA) is 83.8 Å². The van der Waals surface area contributed by atoms with Crippen LogP contribution in [0.4, 0.5) is 0 Å². The van der Waals surface area contributed by atoms with Crippen molar-refractivity contribution in [2.45, 2.75) is 82.4 Å². The van der Waals surface area contributed by atoms with Crippen molar-refractivity contribution in [1.29, 1.82) is 0 Å². The van der Waals surface area contributed by atoms with E-state index in [9.17, 15) is 18.1 Å². The number of ether oxygens (including phenoxy) is 1. The zero-order valence-corrected chi connectivity index (χ0v) is 18.7. The summed E-state index contributed by atoms with van der Waals surface area (Å²) in [5, 5.41) is 9.85. The van der Waals surface area contributed by atoms with Crippen LogP contribution in [-0.2, 0) is 16.5 Å². The second-order valence-corrected chi connectivity index (χ2v) is 9.20. The molecule has 30 heavy (non-hydrogen) atoms. The average Bonchev–Trinajstić information content (AvgIpc) is 2.71. The molecule has 2 rings (SSSR count). The minimum atomic E-state index is -4.29. The maximum absolute atomic E-state index is 11.3. The lowest BCUT2D eigenvalue weighted by Crippen LogP contribution is -1.98. The first-order chi connectivity index (χ1) is 14.4. The van der Waals surface area contributed by atoms with Crippen molar-refractivity contribution in [3.63, 3.8) is 0 Å². The molecule has 0 saturated carbocycles. The summed E-state index contributed by atoms with van der Waals surface area (Å²) in [4.78, 5) is -0.213. The first-order valence-corrected chi connectivity index (χ1v) is 12.4. The molecule has 0 bridgehead atoms. The Morgan fingerprint density at radius 1 is 0.833 bits per heavy atom. The van der Waals surface area contributed by atoms with Gasteiger partial charge in [0, 0.05) is 6.07 Å². The molecule has 0 spiro atoms. The summed E-state index contributed by atoms with van der Waals surface area (Å²) >= 11 is 0. The summed E-state index contributed by atoms with van der Waals surface area (Å²) < 4.78 is 37.7. The van der Waals surface area contributed by atoms with Gasteiger partial charge in [0.05, 0.1) is 4.90 Å². The Morgan fingerprint density at radius 2 is 1.47 bits per heavy atom. The van der Waals surface area contributed by atoms with Gasteiger partial charge in [-0.15, -0.1) is 0 Å². The van der Waals surface area contributed by atoms with Crippen LogP contribution in [-0.4, -0.2) is 18.1 Å². The number of phenols is 1. The lowest BCUT2D eigenvalue weighted by Gasteiger charge is -2.12. The van der Waals surface area contributed by atoms with Crippen LogP contribution < -0.4 is 4.74 Å². The molecule has 166 valence electrons. The van der Waals surface area contributed by atoms with Gasteiger partial charge in [-0.05, 0) is 48.7 Å². The maximum Gasteiger partial charge on any atom is 0.294 e. The highest BCUT2D eigenvalue weighted by atomic mass is 32.2. The monoisotopic (exact) mass is 434 g/mol. The number of rotatable bonds is 14. The molecular weight excluding hydrogens is 400 g/mol. The third-order valence-electron chi connectivity index (χ3n) is 5.17. The van der Waals surface area contributed by atoms with Crippen LogP contribution in [0.5, 0.6) is 17.2 Å². The molecule has 6 heteroatoms. The molecule has 2 aromatic rings. The van der Waals surface area contributed by atoms with Crippen LogP contribution in [0, 0.1) is 0 Å². The number of aryl methyl sites for hydroxylation is 1. The van der Waals surface area contributed by atoms with E-state index in [2.05, 4.69) is 6.92 Å². The molecule has 5 nitrogen and oxygen atoms in total. The summed E-state index contributed by atoms with van der Waals surface area (Å²) in [6.07, 6.45) is 13.3. The predicted molar refractivity (Wildman–Crippen MR) is 120 cm³/mol. The van der Waals surface area contributed by atoms with Gasteiger partial charge in [-0.2, -0.15) is 8.42 Å². The van der Waals surface area contributed by atoms with Gasteiger partial charge in [-0.3, -0.25) is 4.55 Å². The Morgan fingerprint density at radius 3 is 2.10 bits per heavy atom. The fourth-order valence-electron chi connectivity index (χ4n) is 3.49. The number of hydrogen-bond acceptors (Lipinski definition) is 4.